The first-order valence-electron chi connectivity index (χ1n) is 7.91. The van der Waals surface area contributed by atoms with Crippen molar-refractivity contribution in [2.24, 2.45) is 11.7 Å². The fourth-order valence-corrected chi connectivity index (χ4v) is 3.05. The van der Waals surface area contributed by atoms with Gasteiger partial charge in [0.05, 0.1) is 0 Å². The van der Waals surface area contributed by atoms with Crippen molar-refractivity contribution in [3.8, 4) is 0 Å². The van der Waals surface area contributed by atoms with Crippen LogP contribution >= 0.6 is 0 Å². The molecule has 0 spiro atoms. The van der Waals surface area contributed by atoms with Crippen molar-refractivity contribution in [3.05, 3.63) is 35.9 Å². The standard InChI is InChI=1S/C17H25N3O2/c1-3-15(21)20-10-9-14(12(2)11-20)19-16(17(18)22)13-7-5-4-6-8-13/h4-8,12,14,16,19H,3,9-11H2,1-2H3,(H2,18,22)/t12-,14-,16+/m0/s1. The SMILES string of the molecule is CCC(=O)N1CC[C@H](N[C@@H](C(N)=O)c2ccccc2)[C@@H](C)C1. The second-order valence-corrected chi connectivity index (χ2v) is 5.98. The molecule has 5 heteroatoms. The Morgan fingerprint density at radius 3 is 2.59 bits per heavy atom. The van der Waals surface area contributed by atoms with E-state index in [4.69, 9.17) is 5.73 Å². The molecule has 1 aromatic carbocycles. The van der Waals surface area contributed by atoms with Gasteiger partial charge in [0.1, 0.15) is 6.04 Å². The summed E-state index contributed by atoms with van der Waals surface area (Å²) in [6, 6.07) is 9.23. The Morgan fingerprint density at radius 1 is 1.36 bits per heavy atom. The van der Waals surface area contributed by atoms with Gasteiger partial charge in [-0.3, -0.25) is 14.9 Å². The van der Waals surface area contributed by atoms with E-state index in [0.717, 1.165) is 25.1 Å². The summed E-state index contributed by atoms with van der Waals surface area (Å²) in [7, 11) is 0. The molecule has 5 nitrogen and oxygen atoms in total. The Bertz CT molecular complexity index is 518. The fraction of sp³-hybridized carbons (Fsp3) is 0.529. The molecule has 0 radical (unpaired) electrons. The number of nitrogens with two attached hydrogens (primary N) is 1. The molecule has 1 aromatic rings. The average molecular weight is 303 g/mol. The van der Waals surface area contributed by atoms with Crippen LogP contribution in [0.15, 0.2) is 30.3 Å². The number of hydrogen-bond acceptors (Lipinski definition) is 3. The minimum atomic E-state index is -0.484. The quantitative estimate of drug-likeness (QED) is 0.864. The zero-order valence-corrected chi connectivity index (χ0v) is 13.3. The molecule has 1 saturated heterocycles. The van der Waals surface area contributed by atoms with Crippen molar-refractivity contribution >= 4 is 11.8 Å². The van der Waals surface area contributed by atoms with E-state index in [2.05, 4.69) is 12.2 Å². The number of benzene rings is 1. The second kappa shape index (κ2) is 7.40. The largest absolute Gasteiger partial charge is 0.368 e. The highest BCUT2D eigenvalue weighted by Gasteiger charge is 2.31. The zero-order valence-electron chi connectivity index (χ0n) is 13.3. The Kier molecular flexibility index (Phi) is 5.55. The molecule has 0 bridgehead atoms. The molecule has 0 unspecified atom stereocenters. The fourth-order valence-electron chi connectivity index (χ4n) is 3.05. The zero-order chi connectivity index (χ0) is 16.1. The Labute approximate surface area is 131 Å². The number of carbonyl (C=O) groups excluding carboxylic acids is 2. The maximum atomic E-state index is 11.8. The van der Waals surface area contributed by atoms with Gasteiger partial charge in [-0.05, 0) is 17.9 Å². The van der Waals surface area contributed by atoms with Gasteiger partial charge in [-0.1, -0.05) is 44.2 Å². The van der Waals surface area contributed by atoms with Crippen LogP contribution in [0.2, 0.25) is 0 Å². The Balaban J connectivity index is 2.03. The third-order valence-electron chi connectivity index (χ3n) is 4.36. The van der Waals surface area contributed by atoms with Gasteiger partial charge in [0.2, 0.25) is 11.8 Å². The number of carbonyl (C=O) groups is 2. The summed E-state index contributed by atoms with van der Waals surface area (Å²) in [4.78, 5) is 25.5. The Morgan fingerprint density at radius 2 is 2.05 bits per heavy atom. The molecule has 22 heavy (non-hydrogen) atoms. The van der Waals surface area contributed by atoms with Crippen LogP contribution in [-0.4, -0.2) is 35.8 Å². The molecule has 0 saturated carbocycles. The van der Waals surface area contributed by atoms with Gasteiger partial charge in [-0.2, -0.15) is 0 Å². The normalized spacial score (nSPS) is 23.1. The number of nitrogens with zero attached hydrogens (tertiary/aromatic N) is 1. The van der Waals surface area contributed by atoms with Gasteiger partial charge in [-0.15, -0.1) is 0 Å². The van der Waals surface area contributed by atoms with E-state index in [1.54, 1.807) is 0 Å². The number of nitrogens with one attached hydrogen (secondary N) is 1. The van der Waals surface area contributed by atoms with Crippen molar-refractivity contribution in [2.75, 3.05) is 13.1 Å². The minimum Gasteiger partial charge on any atom is -0.368 e. The van der Waals surface area contributed by atoms with Gasteiger partial charge >= 0.3 is 0 Å². The molecular formula is C17H25N3O2. The van der Waals surface area contributed by atoms with Crippen molar-refractivity contribution < 1.29 is 9.59 Å². The van der Waals surface area contributed by atoms with E-state index in [0.29, 0.717) is 6.42 Å². The molecular weight excluding hydrogens is 278 g/mol. The minimum absolute atomic E-state index is 0.179. The van der Waals surface area contributed by atoms with E-state index in [-0.39, 0.29) is 23.8 Å². The monoisotopic (exact) mass is 303 g/mol. The average Bonchev–Trinajstić information content (AvgIpc) is 2.53. The van der Waals surface area contributed by atoms with Crippen molar-refractivity contribution in [2.45, 2.75) is 38.8 Å². The maximum absolute atomic E-state index is 11.8. The second-order valence-electron chi connectivity index (χ2n) is 5.98. The van der Waals surface area contributed by atoms with E-state index < -0.39 is 6.04 Å². The van der Waals surface area contributed by atoms with Crippen molar-refractivity contribution in [1.29, 1.82) is 0 Å². The first-order valence-corrected chi connectivity index (χ1v) is 7.91. The Hall–Kier alpha value is -1.88. The van der Waals surface area contributed by atoms with E-state index in [1.165, 1.54) is 0 Å². The van der Waals surface area contributed by atoms with Crippen LogP contribution < -0.4 is 11.1 Å². The van der Waals surface area contributed by atoms with Crippen LogP contribution in [0.4, 0.5) is 0 Å². The molecule has 0 aromatic heterocycles. The molecule has 1 fully saturated rings. The van der Waals surface area contributed by atoms with Crippen LogP contribution in [-0.2, 0) is 9.59 Å². The van der Waals surface area contributed by atoms with Crippen LogP contribution in [0.5, 0.6) is 0 Å². The molecule has 2 amide bonds. The molecule has 0 aliphatic carbocycles. The summed E-state index contributed by atoms with van der Waals surface area (Å²) in [5.74, 6) is 0.111. The third kappa shape index (κ3) is 3.85. The lowest BCUT2D eigenvalue weighted by Crippen LogP contribution is -2.52. The maximum Gasteiger partial charge on any atom is 0.239 e. The van der Waals surface area contributed by atoms with Gasteiger partial charge < -0.3 is 10.6 Å². The highest BCUT2D eigenvalue weighted by molar-refractivity contribution is 5.81. The molecule has 1 aliphatic heterocycles. The number of hydrogen-bond donors (Lipinski definition) is 2. The highest BCUT2D eigenvalue weighted by atomic mass is 16.2. The van der Waals surface area contributed by atoms with Crippen LogP contribution in [0.1, 0.15) is 38.3 Å². The summed E-state index contributed by atoms with van der Waals surface area (Å²) < 4.78 is 0. The lowest BCUT2D eigenvalue weighted by atomic mass is 9.92. The number of likely N-dealkylation sites (tertiary alicyclic amines) is 1. The lowest BCUT2D eigenvalue weighted by Gasteiger charge is -2.38. The smallest absolute Gasteiger partial charge is 0.239 e. The van der Waals surface area contributed by atoms with Crippen LogP contribution in [0.3, 0.4) is 0 Å². The van der Waals surface area contributed by atoms with E-state index in [1.807, 2.05) is 42.2 Å². The van der Waals surface area contributed by atoms with Gasteiger partial charge in [-0.25, -0.2) is 0 Å². The van der Waals surface area contributed by atoms with E-state index in [9.17, 15) is 9.59 Å². The van der Waals surface area contributed by atoms with Gasteiger partial charge in [0.25, 0.3) is 0 Å². The highest BCUT2D eigenvalue weighted by Crippen LogP contribution is 2.21. The topological polar surface area (TPSA) is 75.4 Å². The summed E-state index contributed by atoms with van der Waals surface area (Å²) >= 11 is 0. The van der Waals surface area contributed by atoms with Gasteiger partial charge in [0.15, 0.2) is 0 Å². The van der Waals surface area contributed by atoms with Crippen molar-refractivity contribution in [3.63, 3.8) is 0 Å². The third-order valence-corrected chi connectivity index (χ3v) is 4.36. The molecule has 3 atom stereocenters. The predicted molar refractivity (Wildman–Crippen MR) is 86.0 cm³/mol. The van der Waals surface area contributed by atoms with E-state index >= 15 is 0 Å². The summed E-state index contributed by atoms with van der Waals surface area (Å²) in [5, 5.41) is 3.39. The van der Waals surface area contributed by atoms with Crippen LogP contribution in [0.25, 0.3) is 0 Å². The molecule has 1 heterocycles. The number of piperidine rings is 1. The first-order chi connectivity index (χ1) is 10.5. The van der Waals surface area contributed by atoms with Crippen molar-refractivity contribution in [1.82, 2.24) is 10.2 Å². The number of amides is 2. The predicted octanol–water partition coefficient (Wildman–Crippen LogP) is 1.45. The van der Waals surface area contributed by atoms with Crippen LogP contribution in [0, 0.1) is 5.92 Å². The summed E-state index contributed by atoms with van der Waals surface area (Å²) in [6.07, 6.45) is 1.38. The molecule has 120 valence electrons. The molecule has 2 rings (SSSR count). The van der Waals surface area contributed by atoms with Gasteiger partial charge in [0, 0.05) is 25.6 Å². The number of rotatable bonds is 5. The lowest BCUT2D eigenvalue weighted by molar-refractivity contribution is -0.133. The molecule has 3 N–H and O–H groups in total. The summed E-state index contributed by atoms with van der Waals surface area (Å²) in [5.41, 5.74) is 6.45. The molecule has 1 aliphatic rings. The summed E-state index contributed by atoms with van der Waals surface area (Å²) in [6.45, 7) is 5.45. The number of primary amides is 1. The first kappa shape index (κ1) is 16.5.